The smallest absolute Gasteiger partial charge is 0.253 e. The lowest BCUT2D eigenvalue weighted by Crippen LogP contribution is -2.25. The average Bonchev–Trinajstić information content (AvgIpc) is 2.24. The molecule has 0 unspecified atom stereocenters. The van der Waals surface area contributed by atoms with Crippen molar-refractivity contribution in [3.63, 3.8) is 0 Å². The van der Waals surface area contributed by atoms with Crippen LogP contribution in [0.25, 0.3) is 0 Å². The summed E-state index contributed by atoms with van der Waals surface area (Å²) in [4.78, 5) is 16.0. The Morgan fingerprint density at radius 2 is 2.12 bits per heavy atom. The SMILES string of the molecule is Cc1ccc(C(=O)NCCCCCl)c(C)n1. The van der Waals surface area contributed by atoms with Crippen LogP contribution >= 0.6 is 11.6 Å². The normalized spacial score (nSPS) is 10.2. The lowest BCUT2D eigenvalue weighted by Gasteiger charge is -2.07. The van der Waals surface area contributed by atoms with E-state index in [0.29, 0.717) is 18.0 Å². The Morgan fingerprint density at radius 1 is 1.38 bits per heavy atom. The van der Waals surface area contributed by atoms with Gasteiger partial charge in [0.1, 0.15) is 0 Å². The first-order valence-corrected chi connectivity index (χ1v) is 5.97. The Kier molecular flexibility index (Phi) is 5.26. The van der Waals surface area contributed by atoms with Crippen LogP contribution < -0.4 is 5.32 Å². The number of carbonyl (C=O) groups excluding carboxylic acids is 1. The van der Waals surface area contributed by atoms with Crippen molar-refractivity contribution in [1.29, 1.82) is 0 Å². The number of pyridine rings is 1. The third kappa shape index (κ3) is 3.81. The van der Waals surface area contributed by atoms with Crippen LogP contribution in [0.15, 0.2) is 12.1 Å². The summed E-state index contributed by atoms with van der Waals surface area (Å²) in [5, 5.41) is 2.86. The second-order valence-electron chi connectivity index (χ2n) is 3.74. The van der Waals surface area contributed by atoms with Gasteiger partial charge in [0, 0.05) is 18.1 Å². The Hall–Kier alpha value is -1.09. The number of nitrogens with one attached hydrogen (secondary N) is 1. The van der Waals surface area contributed by atoms with E-state index in [4.69, 9.17) is 11.6 Å². The first-order chi connectivity index (χ1) is 7.65. The molecule has 1 aromatic heterocycles. The molecule has 0 saturated carbocycles. The fourth-order valence-corrected chi connectivity index (χ4v) is 1.63. The predicted molar refractivity (Wildman–Crippen MR) is 66.0 cm³/mol. The van der Waals surface area contributed by atoms with E-state index in [0.717, 1.165) is 24.2 Å². The molecule has 0 saturated heterocycles. The quantitative estimate of drug-likeness (QED) is 0.635. The molecule has 88 valence electrons. The molecule has 4 heteroatoms. The van der Waals surface area contributed by atoms with Crippen molar-refractivity contribution < 1.29 is 4.79 Å². The molecule has 0 aromatic carbocycles. The summed E-state index contributed by atoms with van der Waals surface area (Å²) in [5.74, 6) is 0.584. The number of alkyl halides is 1. The molecule has 0 atom stereocenters. The van der Waals surface area contributed by atoms with Crippen molar-refractivity contribution in [3.8, 4) is 0 Å². The minimum atomic E-state index is -0.0560. The van der Waals surface area contributed by atoms with Gasteiger partial charge in [-0.05, 0) is 38.8 Å². The second kappa shape index (κ2) is 6.48. The highest BCUT2D eigenvalue weighted by atomic mass is 35.5. The van der Waals surface area contributed by atoms with Crippen molar-refractivity contribution in [2.75, 3.05) is 12.4 Å². The fourth-order valence-electron chi connectivity index (χ4n) is 1.44. The molecule has 0 aliphatic heterocycles. The van der Waals surface area contributed by atoms with E-state index in [9.17, 15) is 4.79 Å². The number of carbonyl (C=O) groups is 1. The number of hydrogen-bond donors (Lipinski definition) is 1. The second-order valence-corrected chi connectivity index (χ2v) is 4.12. The minimum absolute atomic E-state index is 0.0560. The van der Waals surface area contributed by atoms with Gasteiger partial charge in [-0.3, -0.25) is 9.78 Å². The van der Waals surface area contributed by atoms with Gasteiger partial charge in [-0.15, -0.1) is 11.6 Å². The van der Waals surface area contributed by atoms with E-state index in [1.165, 1.54) is 0 Å². The summed E-state index contributed by atoms with van der Waals surface area (Å²) in [7, 11) is 0. The number of nitrogens with zero attached hydrogens (tertiary/aromatic N) is 1. The molecule has 0 radical (unpaired) electrons. The van der Waals surface area contributed by atoms with Crippen molar-refractivity contribution in [2.24, 2.45) is 0 Å². The summed E-state index contributed by atoms with van der Waals surface area (Å²) in [6.45, 7) is 4.43. The van der Waals surface area contributed by atoms with Gasteiger partial charge in [0.15, 0.2) is 0 Å². The number of aryl methyl sites for hydroxylation is 2. The van der Waals surface area contributed by atoms with E-state index < -0.39 is 0 Å². The highest BCUT2D eigenvalue weighted by Gasteiger charge is 2.08. The number of rotatable bonds is 5. The number of amides is 1. The fraction of sp³-hybridized carbons (Fsp3) is 0.500. The number of unbranched alkanes of at least 4 members (excludes halogenated alkanes) is 1. The van der Waals surface area contributed by atoms with Crippen LogP contribution in [0.5, 0.6) is 0 Å². The maximum absolute atomic E-state index is 11.8. The largest absolute Gasteiger partial charge is 0.352 e. The average molecular weight is 241 g/mol. The number of halogens is 1. The highest BCUT2D eigenvalue weighted by molar-refractivity contribution is 6.17. The van der Waals surface area contributed by atoms with Crippen LogP contribution in [0.2, 0.25) is 0 Å². The standard InChI is InChI=1S/C12H17ClN2O/c1-9-5-6-11(10(2)15-9)12(16)14-8-4-3-7-13/h5-6H,3-4,7-8H2,1-2H3,(H,14,16). The van der Waals surface area contributed by atoms with Crippen molar-refractivity contribution in [2.45, 2.75) is 26.7 Å². The highest BCUT2D eigenvalue weighted by Crippen LogP contribution is 2.06. The van der Waals surface area contributed by atoms with Gasteiger partial charge in [0.25, 0.3) is 5.91 Å². The van der Waals surface area contributed by atoms with Crippen LogP contribution in [-0.2, 0) is 0 Å². The zero-order valence-electron chi connectivity index (χ0n) is 9.72. The summed E-state index contributed by atoms with van der Waals surface area (Å²) in [5.41, 5.74) is 2.35. The monoisotopic (exact) mass is 240 g/mol. The van der Waals surface area contributed by atoms with Crippen LogP contribution in [0.4, 0.5) is 0 Å². The van der Waals surface area contributed by atoms with E-state index in [-0.39, 0.29) is 5.91 Å². The summed E-state index contributed by atoms with van der Waals surface area (Å²) in [6, 6.07) is 3.66. The van der Waals surface area contributed by atoms with Gasteiger partial charge in [-0.25, -0.2) is 0 Å². The van der Waals surface area contributed by atoms with E-state index in [2.05, 4.69) is 10.3 Å². The number of hydrogen-bond acceptors (Lipinski definition) is 2. The molecule has 0 spiro atoms. The molecule has 0 aliphatic rings. The van der Waals surface area contributed by atoms with E-state index >= 15 is 0 Å². The maximum Gasteiger partial charge on any atom is 0.253 e. The Labute approximate surface area is 101 Å². The van der Waals surface area contributed by atoms with Gasteiger partial charge < -0.3 is 5.32 Å². The third-order valence-electron chi connectivity index (χ3n) is 2.32. The van der Waals surface area contributed by atoms with Crippen LogP contribution in [0, 0.1) is 13.8 Å². The molecule has 1 amide bonds. The first kappa shape index (κ1) is 13.0. The van der Waals surface area contributed by atoms with E-state index in [1.54, 1.807) is 0 Å². The molecule has 1 N–H and O–H groups in total. The molecule has 0 aliphatic carbocycles. The Balaban J connectivity index is 2.53. The van der Waals surface area contributed by atoms with Gasteiger partial charge in [-0.2, -0.15) is 0 Å². The Bertz CT molecular complexity index is 366. The molecular weight excluding hydrogens is 224 g/mol. The summed E-state index contributed by atoms with van der Waals surface area (Å²) < 4.78 is 0. The lowest BCUT2D eigenvalue weighted by molar-refractivity contribution is 0.0952. The summed E-state index contributed by atoms with van der Waals surface area (Å²) >= 11 is 5.55. The molecule has 1 aromatic rings. The van der Waals surface area contributed by atoms with E-state index in [1.807, 2.05) is 26.0 Å². The van der Waals surface area contributed by atoms with Gasteiger partial charge in [0.2, 0.25) is 0 Å². The topological polar surface area (TPSA) is 42.0 Å². The molecule has 3 nitrogen and oxygen atoms in total. The molecular formula is C12H17ClN2O. The third-order valence-corrected chi connectivity index (χ3v) is 2.58. The molecule has 1 heterocycles. The maximum atomic E-state index is 11.8. The predicted octanol–water partition coefficient (Wildman–Crippen LogP) is 2.45. The van der Waals surface area contributed by atoms with Crippen LogP contribution in [0.3, 0.4) is 0 Å². The van der Waals surface area contributed by atoms with Crippen LogP contribution in [-0.4, -0.2) is 23.3 Å². The van der Waals surface area contributed by atoms with Crippen LogP contribution in [0.1, 0.15) is 34.6 Å². The van der Waals surface area contributed by atoms with Crippen molar-refractivity contribution >= 4 is 17.5 Å². The number of aromatic nitrogens is 1. The van der Waals surface area contributed by atoms with Crippen molar-refractivity contribution in [1.82, 2.24) is 10.3 Å². The van der Waals surface area contributed by atoms with Crippen molar-refractivity contribution in [3.05, 3.63) is 29.1 Å². The Morgan fingerprint density at radius 3 is 2.75 bits per heavy atom. The summed E-state index contributed by atoms with van der Waals surface area (Å²) in [6.07, 6.45) is 1.83. The molecule has 0 fully saturated rings. The zero-order chi connectivity index (χ0) is 12.0. The molecule has 0 bridgehead atoms. The zero-order valence-corrected chi connectivity index (χ0v) is 10.5. The van der Waals surface area contributed by atoms with Gasteiger partial charge >= 0.3 is 0 Å². The first-order valence-electron chi connectivity index (χ1n) is 5.43. The lowest BCUT2D eigenvalue weighted by atomic mass is 10.1. The van der Waals surface area contributed by atoms with Gasteiger partial charge in [0.05, 0.1) is 11.3 Å². The minimum Gasteiger partial charge on any atom is -0.352 e. The molecule has 16 heavy (non-hydrogen) atoms. The molecule has 1 rings (SSSR count). The van der Waals surface area contributed by atoms with Gasteiger partial charge in [-0.1, -0.05) is 0 Å².